The minimum atomic E-state index is -3.81. The van der Waals surface area contributed by atoms with Crippen LogP contribution in [0, 0.1) is 23.0 Å². The Morgan fingerprint density at radius 2 is 1.94 bits per heavy atom. The van der Waals surface area contributed by atoms with Gasteiger partial charge < -0.3 is 19.2 Å². The summed E-state index contributed by atoms with van der Waals surface area (Å²) in [4.78, 5) is 20.1. The molecule has 0 saturated carbocycles. The molecule has 2 unspecified atom stereocenters. The third kappa shape index (κ3) is 7.75. The molecule has 0 fully saturated rings. The Bertz CT molecular complexity index is 2340. The van der Waals surface area contributed by atoms with Gasteiger partial charge in [0, 0.05) is 45.3 Å². The Kier molecular flexibility index (Phi) is 9.22. The van der Waals surface area contributed by atoms with Gasteiger partial charge in [0.25, 0.3) is 0 Å². The highest BCUT2D eigenvalue weighted by Gasteiger charge is 2.37. The van der Waals surface area contributed by atoms with E-state index >= 15 is 8.78 Å². The van der Waals surface area contributed by atoms with Gasteiger partial charge in [0.15, 0.2) is 33.1 Å². The minimum Gasteiger partial charge on any atom is -0.466 e. The van der Waals surface area contributed by atoms with E-state index < -0.39 is 57.6 Å². The number of benzene rings is 3. The van der Waals surface area contributed by atoms with Crippen molar-refractivity contribution in [2.45, 2.75) is 52.8 Å². The molecule has 0 spiro atoms. The first-order chi connectivity index (χ1) is 25.8. The van der Waals surface area contributed by atoms with Crippen LogP contribution >= 0.6 is 0 Å². The first-order valence-electron chi connectivity index (χ1n) is 18.6. The molecule has 1 N–H and O–H groups in total. The van der Waals surface area contributed by atoms with Crippen LogP contribution in [0.3, 0.4) is 0 Å². The van der Waals surface area contributed by atoms with Crippen LogP contribution < -0.4 is 4.74 Å². The molecule has 6 rings (SSSR count). The highest BCUT2D eigenvalue weighted by molar-refractivity contribution is 7.91. The lowest BCUT2D eigenvalue weighted by Gasteiger charge is -2.31. The monoisotopic (exact) mass is 737 g/mol. The predicted molar refractivity (Wildman–Crippen MR) is 194 cm³/mol. The number of nitrogens with one attached hydrogen (secondary N) is 1. The number of aromatic nitrogens is 4. The van der Waals surface area contributed by atoms with Gasteiger partial charge in [-0.15, -0.1) is 0 Å². The van der Waals surface area contributed by atoms with Crippen LogP contribution in [0.4, 0.5) is 8.78 Å². The van der Waals surface area contributed by atoms with Crippen molar-refractivity contribution in [3.8, 4) is 22.9 Å². The number of carbonyl (C=O) groups excluding carboxylic acids is 1. The van der Waals surface area contributed by atoms with Gasteiger partial charge in [-0.3, -0.25) is 4.79 Å². The Hall–Kier alpha value is -4.62. The quantitative estimate of drug-likeness (QED) is 0.190. The Morgan fingerprint density at radius 3 is 2.71 bits per heavy atom. The molecule has 3 heterocycles. The van der Waals surface area contributed by atoms with E-state index in [1.165, 1.54) is 29.9 Å². The number of sulfone groups is 1. The van der Waals surface area contributed by atoms with Crippen molar-refractivity contribution in [1.82, 2.24) is 19.7 Å². The van der Waals surface area contributed by atoms with Crippen molar-refractivity contribution >= 4 is 26.7 Å². The van der Waals surface area contributed by atoms with Crippen LogP contribution in [0.2, 0.25) is 0 Å². The molecule has 10 nitrogen and oxygen atoms in total. The van der Waals surface area contributed by atoms with Crippen molar-refractivity contribution < 1.29 is 40.3 Å². The number of ether oxygens (including phenoxy) is 3. The normalized spacial score (nSPS) is 20.6. The van der Waals surface area contributed by atoms with Gasteiger partial charge >= 0.3 is 5.97 Å². The highest BCUT2D eigenvalue weighted by atomic mass is 32.2. The number of nitrogens with zero attached hydrogens (tertiary/aromatic N) is 3. The molecule has 0 saturated heterocycles. The Balaban J connectivity index is 1.54. The van der Waals surface area contributed by atoms with E-state index in [2.05, 4.69) is 15.1 Å². The fourth-order valence-corrected chi connectivity index (χ4v) is 8.58. The summed E-state index contributed by atoms with van der Waals surface area (Å²) in [7, 11) is -2.31. The number of hydrogen-bond acceptors (Lipinski definition) is 8. The molecule has 1 aliphatic heterocycles. The number of hydrogen-bond donors (Lipinski definition) is 1. The summed E-state index contributed by atoms with van der Waals surface area (Å²) in [5, 5.41) is 5.14. The van der Waals surface area contributed by atoms with Gasteiger partial charge in [-0.05, 0) is 62.0 Å². The maximum Gasteiger partial charge on any atom is 0.308 e. The third-order valence-corrected chi connectivity index (χ3v) is 11.2. The van der Waals surface area contributed by atoms with Gasteiger partial charge in [0.05, 0.1) is 48.2 Å². The van der Waals surface area contributed by atoms with Crippen molar-refractivity contribution in [2.75, 3.05) is 31.3 Å². The van der Waals surface area contributed by atoms with Gasteiger partial charge in [0.2, 0.25) is 0 Å². The maximum atomic E-state index is 15.8. The summed E-state index contributed by atoms with van der Waals surface area (Å²) >= 11 is 0. The average Bonchev–Trinajstić information content (AvgIpc) is 3.72. The summed E-state index contributed by atoms with van der Waals surface area (Å²) < 4.78 is 105. The number of aromatic amines is 1. The second-order valence-electron chi connectivity index (χ2n) is 14.2. The van der Waals surface area contributed by atoms with Crippen LogP contribution in [-0.2, 0) is 49.4 Å². The Morgan fingerprint density at radius 1 is 1.13 bits per heavy atom. The van der Waals surface area contributed by atoms with Crippen molar-refractivity contribution in [2.24, 2.45) is 18.4 Å². The topological polar surface area (TPSA) is 125 Å². The van der Waals surface area contributed by atoms with Gasteiger partial charge in [-0.25, -0.2) is 26.9 Å². The maximum absolute atomic E-state index is 15.8. The van der Waals surface area contributed by atoms with E-state index in [-0.39, 0.29) is 71.8 Å². The lowest BCUT2D eigenvalue weighted by atomic mass is 9.81. The van der Waals surface area contributed by atoms with E-state index in [0.29, 0.717) is 22.0 Å². The molecule has 52 heavy (non-hydrogen) atoms. The molecule has 1 aliphatic rings. The SMILES string of the molecule is [2H]C([2H])([2H])C1(c2cccc(CC(C)C(=O)OCC)c2)COCC(C)(C)CS(=O)(=O)CCc2c(c(F)cc3[nH]ccc23)Oc2ccc(F)c(c2)-c2nc1nn2C. The fraction of sp³-hybridized carbons (Fsp3) is 0.410. The smallest absolute Gasteiger partial charge is 0.308 e. The van der Waals surface area contributed by atoms with Crippen molar-refractivity contribution in [3.05, 3.63) is 94.9 Å². The largest absolute Gasteiger partial charge is 0.466 e. The van der Waals surface area contributed by atoms with E-state index in [1.807, 2.05) is 0 Å². The first kappa shape index (κ1) is 33.2. The molecule has 276 valence electrons. The number of esters is 1. The molecular formula is C39H44F2N4O6S. The standard InChI is InChI=1S/C39H44F2N4O6S/c1-7-50-36(46)24(2)17-25-9-8-10-26(18-25)39(5)22-49-21-38(3,4)23-52(47,48)16-14-29-28-13-15-42-33(28)20-32(41)34(29)51-27-11-12-31(40)30(19-27)35-43-37(39)44-45(35)6/h8-13,15,18-20,24,42H,7,14,16-17,21-23H2,1-6H3/i5D3. The molecule has 3 aromatic carbocycles. The average molecular weight is 738 g/mol. The van der Waals surface area contributed by atoms with Crippen LogP contribution in [0.15, 0.2) is 60.8 Å². The van der Waals surface area contributed by atoms with E-state index in [9.17, 15) is 13.2 Å². The molecule has 0 aliphatic carbocycles. The van der Waals surface area contributed by atoms with Gasteiger partial charge in [-0.2, -0.15) is 5.10 Å². The molecule has 2 atom stereocenters. The number of carbonyl (C=O) groups is 1. The number of H-pyrrole nitrogens is 1. The zero-order valence-corrected chi connectivity index (χ0v) is 30.6. The van der Waals surface area contributed by atoms with E-state index in [4.69, 9.17) is 18.3 Å². The molecule has 0 radical (unpaired) electrons. The van der Waals surface area contributed by atoms with Crippen LogP contribution in [0.25, 0.3) is 22.3 Å². The number of fused-ring (bicyclic) bond motifs is 8. The molecular weight excluding hydrogens is 691 g/mol. The second-order valence-corrected chi connectivity index (χ2v) is 16.4. The second kappa shape index (κ2) is 14.4. The van der Waals surface area contributed by atoms with Crippen LogP contribution in [-0.4, -0.2) is 65.5 Å². The molecule has 4 bridgehead atoms. The molecule has 0 amide bonds. The number of rotatable bonds is 5. The predicted octanol–water partition coefficient (Wildman–Crippen LogP) is 7.10. The molecule has 5 aromatic rings. The van der Waals surface area contributed by atoms with E-state index in [0.717, 1.165) is 6.07 Å². The zero-order chi connectivity index (χ0) is 39.9. The lowest BCUT2D eigenvalue weighted by molar-refractivity contribution is -0.147. The first-order valence-corrected chi connectivity index (χ1v) is 18.9. The molecule has 13 heteroatoms. The van der Waals surface area contributed by atoms with Crippen LogP contribution in [0.1, 0.15) is 61.2 Å². The summed E-state index contributed by atoms with van der Waals surface area (Å²) in [6.07, 6.45) is 1.77. The molecule has 2 aromatic heterocycles. The minimum absolute atomic E-state index is 0.0231. The number of aryl methyl sites for hydroxylation is 2. The number of halogens is 2. The van der Waals surface area contributed by atoms with Crippen LogP contribution in [0.5, 0.6) is 11.5 Å². The third-order valence-electron chi connectivity index (χ3n) is 9.15. The van der Waals surface area contributed by atoms with Gasteiger partial charge in [0.1, 0.15) is 11.6 Å². The van der Waals surface area contributed by atoms with Crippen molar-refractivity contribution in [3.63, 3.8) is 0 Å². The lowest BCUT2D eigenvalue weighted by Crippen LogP contribution is -2.36. The van der Waals surface area contributed by atoms with Crippen molar-refractivity contribution in [1.29, 1.82) is 0 Å². The van der Waals surface area contributed by atoms with E-state index in [1.54, 1.807) is 64.2 Å². The zero-order valence-electron chi connectivity index (χ0n) is 32.8. The summed E-state index contributed by atoms with van der Waals surface area (Å²) in [5.41, 5.74) is -1.50. The van der Waals surface area contributed by atoms with Gasteiger partial charge in [-0.1, -0.05) is 45.0 Å². The fourth-order valence-electron chi connectivity index (χ4n) is 6.65. The summed E-state index contributed by atoms with van der Waals surface area (Å²) in [6, 6.07) is 13.4. The summed E-state index contributed by atoms with van der Waals surface area (Å²) in [5.74, 6) is -3.51. The Labute approximate surface area is 306 Å². The summed E-state index contributed by atoms with van der Waals surface area (Å²) in [6.45, 7) is 3.49. The highest BCUT2D eigenvalue weighted by Crippen LogP contribution is 2.38.